The van der Waals surface area contributed by atoms with E-state index in [0.717, 1.165) is 31.5 Å². The van der Waals surface area contributed by atoms with Crippen LogP contribution in [0, 0.1) is 0 Å². The predicted octanol–water partition coefficient (Wildman–Crippen LogP) is 6.51. The third-order valence-corrected chi connectivity index (χ3v) is 5.48. The maximum absolute atomic E-state index is 5.53. The van der Waals surface area contributed by atoms with Crippen molar-refractivity contribution in [2.45, 2.75) is 0 Å². The summed E-state index contributed by atoms with van der Waals surface area (Å²) in [6.07, 6.45) is 0. The third-order valence-electron chi connectivity index (χ3n) is 4.42. The Bertz CT molecular complexity index is 1050. The van der Waals surface area contributed by atoms with Gasteiger partial charge in [0.05, 0.1) is 25.6 Å². The number of nitrogens with zero attached hydrogens (tertiary/aromatic N) is 2. The van der Waals surface area contributed by atoms with Crippen molar-refractivity contribution in [2.24, 2.45) is 0 Å². The zero-order valence-electron chi connectivity index (χ0n) is 15.2. The Balaban J connectivity index is 2.07. The molecule has 0 aliphatic rings. The predicted molar refractivity (Wildman–Crippen MR) is 119 cm³/mol. The van der Waals surface area contributed by atoms with Crippen molar-refractivity contribution in [1.82, 2.24) is 9.97 Å². The summed E-state index contributed by atoms with van der Waals surface area (Å²) in [5, 5.41) is 0. The normalized spacial score (nSPS) is 10.9. The molecule has 0 saturated carbocycles. The minimum Gasteiger partial charge on any atom is -0.494 e. The highest BCUT2D eigenvalue weighted by Gasteiger charge is 2.18. The molecule has 6 heteroatoms. The minimum atomic E-state index is 0.656. The topological polar surface area (TPSA) is 44.2 Å². The molecular formula is C22H16Br2N2O2. The summed E-state index contributed by atoms with van der Waals surface area (Å²) in [4.78, 5) is 9.92. The molecule has 28 heavy (non-hydrogen) atoms. The lowest BCUT2D eigenvalue weighted by atomic mass is 10.0. The Morgan fingerprint density at radius 2 is 0.929 bits per heavy atom. The summed E-state index contributed by atoms with van der Waals surface area (Å²) in [5.41, 5.74) is 4.85. The van der Waals surface area contributed by atoms with E-state index >= 15 is 0 Å². The number of hydrogen-bond donors (Lipinski definition) is 0. The Morgan fingerprint density at radius 1 is 0.571 bits per heavy atom. The molecule has 3 aromatic carbocycles. The van der Waals surface area contributed by atoms with Crippen LogP contribution < -0.4 is 9.47 Å². The molecule has 4 rings (SSSR count). The molecule has 0 radical (unpaired) electrons. The first-order chi connectivity index (χ1) is 13.6. The van der Waals surface area contributed by atoms with Crippen LogP contribution in [0.1, 0.15) is 0 Å². The average molecular weight is 500 g/mol. The first-order valence-electron chi connectivity index (χ1n) is 8.55. The lowest BCUT2D eigenvalue weighted by Gasteiger charge is -2.14. The number of methoxy groups -OCH3 is 2. The minimum absolute atomic E-state index is 0.656. The van der Waals surface area contributed by atoms with Gasteiger partial charge in [-0.15, -0.1) is 0 Å². The molecule has 1 aromatic heterocycles. The molecule has 0 saturated heterocycles. The molecule has 0 aliphatic carbocycles. The van der Waals surface area contributed by atoms with E-state index < -0.39 is 0 Å². The molecule has 0 fully saturated rings. The van der Waals surface area contributed by atoms with Gasteiger partial charge in [-0.2, -0.15) is 0 Å². The molecule has 0 atom stereocenters. The lowest BCUT2D eigenvalue weighted by Crippen LogP contribution is -1.99. The molecule has 0 spiro atoms. The summed E-state index contributed by atoms with van der Waals surface area (Å²) in [7, 11) is 3.26. The van der Waals surface area contributed by atoms with Crippen molar-refractivity contribution in [3.8, 4) is 34.0 Å². The maximum atomic E-state index is 5.53. The van der Waals surface area contributed by atoms with Crippen LogP contribution in [-0.4, -0.2) is 24.2 Å². The van der Waals surface area contributed by atoms with Gasteiger partial charge in [-0.25, -0.2) is 9.97 Å². The summed E-state index contributed by atoms with van der Waals surface area (Å²) in [6, 6.07) is 19.8. The van der Waals surface area contributed by atoms with E-state index in [1.54, 1.807) is 14.2 Å². The van der Waals surface area contributed by atoms with Crippen molar-refractivity contribution >= 4 is 42.9 Å². The number of rotatable bonds is 4. The van der Waals surface area contributed by atoms with E-state index in [1.807, 2.05) is 60.7 Å². The monoisotopic (exact) mass is 498 g/mol. The van der Waals surface area contributed by atoms with Gasteiger partial charge in [-0.1, -0.05) is 56.1 Å². The third kappa shape index (κ3) is 3.50. The van der Waals surface area contributed by atoms with Crippen LogP contribution in [0.4, 0.5) is 0 Å². The number of halogens is 2. The molecule has 0 aliphatic heterocycles. The number of hydrogen-bond acceptors (Lipinski definition) is 4. The number of benzene rings is 3. The Kier molecular flexibility index (Phi) is 5.33. The van der Waals surface area contributed by atoms with Gasteiger partial charge in [0.15, 0.2) is 0 Å². The fourth-order valence-electron chi connectivity index (χ4n) is 3.04. The fraction of sp³-hybridized carbons (Fsp3) is 0.0909. The van der Waals surface area contributed by atoms with E-state index in [0.29, 0.717) is 22.5 Å². The van der Waals surface area contributed by atoms with Crippen molar-refractivity contribution in [3.63, 3.8) is 0 Å². The van der Waals surface area contributed by atoms with Gasteiger partial charge in [0.2, 0.25) is 0 Å². The van der Waals surface area contributed by atoms with Gasteiger partial charge in [0.1, 0.15) is 22.5 Å². The summed E-state index contributed by atoms with van der Waals surface area (Å²) < 4.78 is 13.1. The first kappa shape index (κ1) is 18.9. The smallest absolute Gasteiger partial charge is 0.147 e. The molecule has 1 heterocycles. The summed E-state index contributed by atoms with van der Waals surface area (Å²) in [5.74, 6) is 1.31. The molecule has 4 nitrogen and oxygen atoms in total. The van der Waals surface area contributed by atoms with E-state index in [2.05, 4.69) is 31.9 Å². The van der Waals surface area contributed by atoms with Crippen molar-refractivity contribution in [1.29, 1.82) is 0 Å². The highest BCUT2D eigenvalue weighted by Crippen LogP contribution is 2.37. The second-order valence-corrected chi connectivity index (χ2v) is 7.93. The molecule has 0 N–H and O–H groups in total. The number of fused-ring (bicyclic) bond motifs is 1. The Morgan fingerprint density at radius 3 is 1.25 bits per heavy atom. The highest BCUT2D eigenvalue weighted by molar-refractivity contribution is 9.10. The van der Waals surface area contributed by atoms with Gasteiger partial charge in [-0.3, -0.25) is 0 Å². The SMILES string of the molecule is COc1ccc(OC)c2nc(-c3ccc(Br)cc3)c(-c3ccc(Br)cc3)nc12. The number of aromatic nitrogens is 2. The number of ether oxygens (including phenoxy) is 2. The second kappa shape index (κ2) is 7.89. The second-order valence-electron chi connectivity index (χ2n) is 6.10. The van der Waals surface area contributed by atoms with E-state index in [9.17, 15) is 0 Å². The van der Waals surface area contributed by atoms with Crippen molar-refractivity contribution in [2.75, 3.05) is 14.2 Å². The zero-order valence-corrected chi connectivity index (χ0v) is 18.4. The molecule has 0 bridgehead atoms. The molecule has 0 unspecified atom stereocenters. The molecule has 0 amide bonds. The Labute approximate surface area is 179 Å². The molecule has 4 aromatic rings. The maximum Gasteiger partial charge on any atom is 0.147 e. The standard InChI is InChI=1S/C22H16Br2N2O2/c1-27-17-11-12-18(28-2)22-21(17)25-19(13-3-7-15(23)8-4-13)20(26-22)14-5-9-16(24)10-6-14/h3-12H,1-2H3. The van der Waals surface area contributed by atoms with Gasteiger partial charge < -0.3 is 9.47 Å². The van der Waals surface area contributed by atoms with Crippen LogP contribution >= 0.6 is 31.9 Å². The summed E-state index contributed by atoms with van der Waals surface area (Å²) >= 11 is 6.99. The van der Waals surface area contributed by atoms with E-state index in [-0.39, 0.29) is 0 Å². The van der Waals surface area contributed by atoms with Gasteiger partial charge in [0.25, 0.3) is 0 Å². The van der Waals surface area contributed by atoms with Crippen LogP contribution in [0.15, 0.2) is 69.6 Å². The first-order valence-corrected chi connectivity index (χ1v) is 10.1. The van der Waals surface area contributed by atoms with Gasteiger partial charge >= 0.3 is 0 Å². The van der Waals surface area contributed by atoms with Crippen LogP contribution in [0.2, 0.25) is 0 Å². The van der Waals surface area contributed by atoms with Gasteiger partial charge in [0, 0.05) is 20.1 Å². The zero-order chi connectivity index (χ0) is 19.7. The van der Waals surface area contributed by atoms with Gasteiger partial charge in [-0.05, 0) is 36.4 Å². The van der Waals surface area contributed by atoms with Crippen LogP contribution in [-0.2, 0) is 0 Å². The quantitative estimate of drug-likeness (QED) is 0.321. The Hall–Kier alpha value is -2.44. The lowest BCUT2D eigenvalue weighted by molar-refractivity contribution is 0.409. The highest BCUT2D eigenvalue weighted by atomic mass is 79.9. The summed E-state index contributed by atoms with van der Waals surface area (Å²) in [6.45, 7) is 0. The van der Waals surface area contributed by atoms with Crippen LogP contribution in [0.5, 0.6) is 11.5 Å². The molecular weight excluding hydrogens is 484 g/mol. The van der Waals surface area contributed by atoms with Crippen LogP contribution in [0.3, 0.4) is 0 Å². The van der Waals surface area contributed by atoms with Crippen molar-refractivity contribution in [3.05, 3.63) is 69.6 Å². The average Bonchev–Trinajstić information content (AvgIpc) is 2.73. The van der Waals surface area contributed by atoms with Crippen molar-refractivity contribution < 1.29 is 9.47 Å². The van der Waals surface area contributed by atoms with E-state index in [1.165, 1.54) is 0 Å². The fourth-order valence-corrected chi connectivity index (χ4v) is 3.56. The largest absolute Gasteiger partial charge is 0.494 e. The molecule has 140 valence electrons. The van der Waals surface area contributed by atoms with Crippen LogP contribution in [0.25, 0.3) is 33.5 Å². The van der Waals surface area contributed by atoms with E-state index in [4.69, 9.17) is 19.4 Å².